The van der Waals surface area contributed by atoms with Gasteiger partial charge in [-0.3, -0.25) is 9.78 Å². The lowest BCUT2D eigenvalue weighted by atomic mass is 9.96. The molecule has 1 saturated carbocycles. The van der Waals surface area contributed by atoms with E-state index in [4.69, 9.17) is 16.3 Å². The minimum Gasteiger partial charge on any atom is -0.377 e. The number of carbonyl (C=O) groups excluding carboxylic acids is 1. The first-order chi connectivity index (χ1) is 8.21. The zero-order valence-electron chi connectivity index (χ0n) is 9.28. The Hall–Kier alpha value is -1.13. The lowest BCUT2D eigenvalue weighted by molar-refractivity contribution is -0.127. The molecule has 0 spiro atoms. The van der Waals surface area contributed by atoms with E-state index in [0.717, 1.165) is 18.4 Å². The zero-order chi connectivity index (χ0) is 11.9. The van der Waals surface area contributed by atoms with Crippen LogP contribution in [0.4, 0.5) is 0 Å². The van der Waals surface area contributed by atoms with E-state index in [1.165, 1.54) is 0 Å². The van der Waals surface area contributed by atoms with Gasteiger partial charge in [0.05, 0.1) is 29.7 Å². The van der Waals surface area contributed by atoms with Crippen LogP contribution in [0.5, 0.6) is 0 Å². The number of aromatic nitrogens is 1. The number of pyridine rings is 1. The minimum absolute atomic E-state index is 0.0786. The molecule has 5 heteroatoms. The number of carbonyl (C=O) groups is 1. The van der Waals surface area contributed by atoms with Gasteiger partial charge in [-0.05, 0) is 24.5 Å². The van der Waals surface area contributed by atoms with Crippen LogP contribution in [0.1, 0.15) is 18.4 Å². The third kappa shape index (κ3) is 1.91. The Labute approximate surface area is 104 Å². The van der Waals surface area contributed by atoms with Gasteiger partial charge >= 0.3 is 0 Å². The van der Waals surface area contributed by atoms with Crippen LogP contribution in [0.15, 0.2) is 18.5 Å². The third-order valence-electron chi connectivity index (χ3n) is 3.42. The van der Waals surface area contributed by atoms with Crippen molar-refractivity contribution in [2.24, 2.45) is 0 Å². The van der Waals surface area contributed by atoms with E-state index in [2.05, 4.69) is 10.3 Å². The fourth-order valence-electron chi connectivity index (χ4n) is 2.09. The van der Waals surface area contributed by atoms with Gasteiger partial charge in [0, 0.05) is 12.4 Å². The first-order valence-electron chi connectivity index (χ1n) is 5.70. The summed E-state index contributed by atoms with van der Waals surface area (Å²) in [6.07, 6.45) is 5.05. The molecule has 2 fully saturated rings. The highest BCUT2D eigenvalue weighted by atomic mass is 35.5. The molecule has 0 atom stereocenters. The Morgan fingerprint density at radius 2 is 2.24 bits per heavy atom. The van der Waals surface area contributed by atoms with Crippen molar-refractivity contribution in [3.05, 3.63) is 29.0 Å². The average Bonchev–Trinajstić information content (AvgIpc) is 3.04. The quantitative estimate of drug-likeness (QED) is 0.882. The molecule has 0 bridgehead atoms. The van der Waals surface area contributed by atoms with Gasteiger partial charge in [-0.15, -0.1) is 0 Å². The second-order valence-corrected chi connectivity index (χ2v) is 5.12. The number of halogens is 1. The number of amides is 1. The highest BCUT2D eigenvalue weighted by molar-refractivity contribution is 6.30. The Morgan fingerprint density at radius 1 is 1.47 bits per heavy atom. The number of rotatable bonds is 3. The summed E-state index contributed by atoms with van der Waals surface area (Å²) in [5.41, 5.74) is 0.524. The van der Waals surface area contributed by atoms with Gasteiger partial charge in [0.1, 0.15) is 0 Å². The maximum absolute atomic E-state index is 12.2. The molecule has 0 aromatic carbocycles. The monoisotopic (exact) mass is 252 g/mol. The van der Waals surface area contributed by atoms with Crippen molar-refractivity contribution >= 4 is 17.5 Å². The number of hydrogen-bond acceptors (Lipinski definition) is 3. The average molecular weight is 253 g/mol. The summed E-state index contributed by atoms with van der Waals surface area (Å²) in [7, 11) is 0. The lowest BCUT2D eigenvalue weighted by Crippen LogP contribution is -2.51. The maximum Gasteiger partial charge on any atom is 0.231 e. The van der Waals surface area contributed by atoms with Crippen LogP contribution in [0, 0.1) is 0 Å². The molecule has 1 aliphatic carbocycles. The van der Waals surface area contributed by atoms with Crippen molar-refractivity contribution in [2.75, 3.05) is 13.2 Å². The summed E-state index contributed by atoms with van der Waals surface area (Å²) in [6.45, 7) is 1.24. The second-order valence-electron chi connectivity index (χ2n) is 4.68. The van der Waals surface area contributed by atoms with Crippen LogP contribution < -0.4 is 5.32 Å². The van der Waals surface area contributed by atoms with Crippen molar-refractivity contribution < 1.29 is 9.53 Å². The van der Waals surface area contributed by atoms with E-state index in [-0.39, 0.29) is 11.9 Å². The van der Waals surface area contributed by atoms with Crippen LogP contribution in [-0.4, -0.2) is 30.1 Å². The molecule has 1 aromatic heterocycles. The molecule has 1 amide bonds. The van der Waals surface area contributed by atoms with E-state index in [0.29, 0.717) is 18.2 Å². The summed E-state index contributed by atoms with van der Waals surface area (Å²) in [5.74, 6) is 0.0786. The number of nitrogens with one attached hydrogen (secondary N) is 1. The molecule has 2 aliphatic rings. The third-order valence-corrected chi connectivity index (χ3v) is 3.62. The molecule has 90 valence electrons. The Bertz CT molecular complexity index is 456. The van der Waals surface area contributed by atoms with E-state index >= 15 is 0 Å². The Morgan fingerprint density at radius 3 is 2.76 bits per heavy atom. The SMILES string of the molecule is O=C(NC1COC1)C1(c2cncc(Cl)c2)CC1. The molecule has 1 aromatic rings. The molecule has 4 nitrogen and oxygen atoms in total. The summed E-state index contributed by atoms with van der Waals surface area (Å²) in [5, 5.41) is 3.58. The number of nitrogens with zero attached hydrogens (tertiary/aromatic N) is 1. The van der Waals surface area contributed by atoms with Crippen LogP contribution in [0.3, 0.4) is 0 Å². The molecular weight excluding hydrogens is 240 g/mol. The van der Waals surface area contributed by atoms with Gasteiger partial charge in [-0.2, -0.15) is 0 Å². The van der Waals surface area contributed by atoms with Gasteiger partial charge in [-0.1, -0.05) is 11.6 Å². The Kier molecular flexibility index (Phi) is 2.56. The fourth-order valence-corrected chi connectivity index (χ4v) is 2.26. The van der Waals surface area contributed by atoms with Gasteiger partial charge in [-0.25, -0.2) is 0 Å². The smallest absolute Gasteiger partial charge is 0.231 e. The largest absolute Gasteiger partial charge is 0.377 e. The van der Waals surface area contributed by atoms with Crippen LogP contribution in [0.2, 0.25) is 5.02 Å². The van der Waals surface area contributed by atoms with Crippen molar-refractivity contribution in [1.82, 2.24) is 10.3 Å². The second kappa shape index (κ2) is 3.96. The lowest BCUT2D eigenvalue weighted by Gasteiger charge is -2.29. The van der Waals surface area contributed by atoms with Gasteiger partial charge in [0.25, 0.3) is 0 Å². The number of ether oxygens (including phenoxy) is 1. The summed E-state index contributed by atoms with van der Waals surface area (Å²) < 4.78 is 5.05. The first-order valence-corrected chi connectivity index (χ1v) is 6.08. The molecule has 2 heterocycles. The van der Waals surface area contributed by atoms with E-state index < -0.39 is 5.41 Å². The molecule has 3 rings (SSSR count). The highest BCUT2D eigenvalue weighted by Gasteiger charge is 2.52. The first kappa shape index (κ1) is 11.0. The molecular formula is C12H13ClN2O2. The molecule has 0 radical (unpaired) electrons. The van der Waals surface area contributed by atoms with Crippen molar-refractivity contribution in [1.29, 1.82) is 0 Å². The number of hydrogen-bond donors (Lipinski definition) is 1. The van der Waals surface area contributed by atoms with Crippen molar-refractivity contribution in [2.45, 2.75) is 24.3 Å². The standard InChI is InChI=1S/C12H13ClN2O2/c13-9-3-8(4-14-5-9)12(1-2-12)11(16)15-10-6-17-7-10/h3-5,10H,1-2,6-7H2,(H,15,16). The molecule has 0 unspecified atom stereocenters. The predicted octanol–water partition coefficient (Wildman–Crippen LogP) is 1.28. The van der Waals surface area contributed by atoms with E-state index in [1.807, 2.05) is 6.07 Å². The molecule has 1 N–H and O–H groups in total. The molecule has 17 heavy (non-hydrogen) atoms. The molecule has 1 aliphatic heterocycles. The van der Waals surface area contributed by atoms with Crippen LogP contribution >= 0.6 is 11.6 Å². The highest BCUT2D eigenvalue weighted by Crippen LogP contribution is 2.48. The van der Waals surface area contributed by atoms with Crippen LogP contribution in [-0.2, 0) is 14.9 Å². The van der Waals surface area contributed by atoms with Crippen molar-refractivity contribution in [3.63, 3.8) is 0 Å². The summed E-state index contributed by atoms with van der Waals surface area (Å²) in [4.78, 5) is 16.3. The predicted molar refractivity (Wildman–Crippen MR) is 62.9 cm³/mol. The Balaban J connectivity index is 1.78. The molecule has 1 saturated heterocycles. The fraction of sp³-hybridized carbons (Fsp3) is 0.500. The zero-order valence-corrected chi connectivity index (χ0v) is 10.0. The topological polar surface area (TPSA) is 51.2 Å². The van der Waals surface area contributed by atoms with Crippen LogP contribution in [0.25, 0.3) is 0 Å². The summed E-state index contributed by atoms with van der Waals surface area (Å²) in [6, 6.07) is 2.01. The van der Waals surface area contributed by atoms with E-state index in [9.17, 15) is 4.79 Å². The summed E-state index contributed by atoms with van der Waals surface area (Å²) >= 11 is 5.91. The van der Waals surface area contributed by atoms with Gasteiger partial charge < -0.3 is 10.1 Å². The normalized spacial score (nSPS) is 21.7. The van der Waals surface area contributed by atoms with Gasteiger partial charge in [0.15, 0.2) is 0 Å². The van der Waals surface area contributed by atoms with Crippen molar-refractivity contribution in [3.8, 4) is 0 Å². The van der Waals surface area contributed by atoms with E-state index in [1.54, 1.807) is 12.4 Å². The van der Waals surface area contributed by atoms with Gasteiger partial charge in [0.2, 0.25) is 5.91 Å². The minimum atomic E-state index is -0.395. The maximum atomic E-state index is 12.2.